The molecule has 0 aromatic heterocycles. The predicted molar refractivity (Wildman–Crippen MR) is 66.4 cm³/mol. The molecule has 17 heavy (non-hydrogen) atoms. The minimum Gasteiger partial charge on any atom is -0.388 e. The summed E-state index contributed by atoms with van der Waals surface area (Å²) in [7, 11) is 0. The van der Waals surface area contributed by atoms with Crippen molar-refractivity contribution in [1.82, 2.24) is 4.90 Å². The van der Waals surface area contributed by atoms with E-state index in [0.717, 1.165) is 25.7 Å². The topological polar surface area (TPSA) is 66.6 Å². The van der Waals surface area contributed by atoms with Crippen molar-refractivity contribution < 1.29 is 9.90 Å². The van der Waals surface area contributed by atoms with Crippen molar-refractivity contribution in [2.75, 3.05) is 13.1 Å². The number of hydrogen-bond acceptors (Lipinski definition) is 3. The van der Waals surface area contributed by atoms with Gasteiger partial charge in [-0.2, -0.15) is 0 Å². The molecule has 0 spiro atoms. The first kappa shape index (κ1) is 12.8. The molecule has 2 aliphatic rings. The molecule has 0 aromatic carbocycles. The third kappa shape index (κ3) is 3.42. The highest BCUT2D eigenvalue weighted by Crippen LogP contribution is 2.28. The summed E-state index contributed by atoms with van der Waals surface area (Å²) in [6.07, 6.45) is 5.67. The van der Waals surface area contributed by atoms with Crippen LogP contribution in [0.4, 0.5) is 0 Å². The Morgan fingerprint density at radius 3 is 2.88 bits per heavy atom. The molecule has 3 unspecified atom stereocenters. The summed E-state index contributed by atoms with van der Waals surface area (Å²) in [6, 6.07) is 0.281. The highest BCUT2D eigenvalue weighted by atomic mass is 16.3. The molecular formula is C13H24N2O2. The number of rotatable bonds is 2. The van der Waals surface area contributed by atoms with E-state index in [2.05, 4.69) is 0 Å². The van der Waals surface area contributed by atoms with Crippen molar-refractivity contribution in [2.45, 2.75) is 57.1 Å². The van der Waals surface area contributed by atoms with Gasteiger partial charge in [-0.3, -0.25) is 4.79 Å². The second-order valence-electron chi connectivity index (χ2n) is 6.06. The Balaban J connectivity index is 1.81. The van der Waals surface area contributed by atoms with Gasteiger partial charge in [0.15, 0.2) is 0 Å². The van der Waals surface area contributed by atoms with E-state index in [1.54, 1.807) is 11.8 Å². The fraction of sp³-hybridized carbons (Fsp3) is 0.923. The monoisotopic (exact) mass is 240 g/mol. The van der Waals surface area contributed by atoms with Gasteiger partial charge in [-0.05, 0) is 38.5 Å². The maximum atomic E-state index is 12.1. The van der Waals surface area contributed by atoms with E-state index in [-0.39, 0.29) is 11.9 Å². The van der Waals surface area contributed by atoms with E-state index in [9.17, 15) is 9.90 Å². The van der Waals surface area contributed by atoms with E-state index in [1.165, 1.54) is 0 Å². The fourth-order valence-corrected chi connectivity index (χ4v) is 3.05. The van der Waals surface area contributed by atoms with Crippen molar-refractivity contribution in [1.29, 1.82) is 0 Å². The average Bonchev–Trinajstić information content (AvgIpc) is 2.59. The van der Waals surface area contributed by atoms with Crippen LogP contribution in [-0.2, 0) is 4.79 Å². The summed E-state index contributed by atoms with van der Waals surface area (Å²) < 4.78 is 0. The van der Waals surface area contributed by atoms with Gasteiger partial charge in [0.25, 0.3) is 0 Å². The van der Waals surface area contributed by atoms with Gasteiger partial charge in [-0.25, -0.2) is 0 Å². The van der Waals surface area contributed by atoms with Crippen LogP contribution >= 0.6 is 0 Å². The number of hydrogen-bond donors (Lipinski definition) is 2. The summed E-state index contributed by atoms with van der Waals surface area (Å²) in [5.41, 5.74) is 5.25. The minimum atomic E-state index is -0.682. The Morgan fingerprint density at radius 1 is 1.53 bits per heavy atom. The van der Waals surface area contributed by atoms with Crippen molar-refractivity contribution in [2.24, 2.45) is 11.7 Å². The zero-order chi connectivity index (χ0) is 12.5. The van der Waals surface area contributed by atoms with Gasteiger partial charge in [-0.15, -0.1) is 0 Å². The Bertz CT molecular complexity index is 291. The lowest BCUT2D eigenvalue weighted by Crippen LogP contribution is -2.36. The lowest BCUT2D eigenvalue weighted by molar-refractivity contribution is -0.132. The van der Waals surface area contributed by atoms with Crippen molar-refractivity contribution in [3.63, 3.8) is 0 Å². The summed E-state index contributed by atoms with van der Waals surface area (Å²) in [4.78, 5) is 13.9. The normalized spacial score (nSPS) is 38.4. The molecule has 2 rings (SSSR count). The van der Waals surface area contributed by atoms with E-state index in [1.807, 2.05) is 0 Å². The van der Waals surface area contributed by atoms with Gasteiger partial charge in [-0.1, -0.05) is 6.42 Å². The molecule has 1 saturated carbocycles. The SMILES string of the molecule is CC1(O)CCN(C(=O)CC2CCCC(N)C2)C1. The molecule has 4 nitrogen and oxygen atoms in total. The van der Waals surface area contributed by atoms with Crippen LogP contribution in [0.25, 0.3) is 0 Å². The molecule has 1 heterocycles. The largest absolute Gasteiger partial charge is 0.388 e. The highest BCUT2D eigenvalue weighted by Gasteiger charge is 2.34. The zero-order valence-electron chi connectivity index (χ0n) is 10.7. The van der Waals surface area contributed by atoms with E-state index >= 15 is 0 Å². The second kappa shape index (κ2) is 4.94. The number of nitrogens with zero attached hydrogens (tertiary/aromatic N) is 1. The smallest absolute Gasteiger partial charge is 0.222 e. The van der Waals surface area contributed by atoms with Crippen molar-refractivity contribution >= 4 is 5.91 Å². The molecular weight excluding hydrogens is 216 g/mol. The summed E-state index contributed by atoms with van der Waals surface area (Å²) in [5, 5.41) is 9.85. The molecule has 1 aliphatic heterocycles. The number of amides is 1. The molecule has 2 fully saturated rings. The molecule has 1 aliphatic carbocycles. The molecule has 1 saturated heterocycles. The van der Waals surface area contributed by atoms with Crippen LogP contribution in [0.3, 0.4) is 0 Å². The maximum Gasteiger partial charge on any atom is 0.222 e. The summed E-state index contributed by atoms with van der Waals surface area (Å²) in [5.74, 6) is 0.652. The maximum absolute atomic E-state index is 12.1. The Hall–Kier alpha value is -0.610. The van der Waals surface area contributed by atoms with Crippen molar-refractivity contribution in [3.05, 3.63) is 0 Å². The van der Waals surface area contributed by atoms with Crippen LogP contribution in [0.5, 0.6) is 0 Å². The highest BCUT2D eigenvalue weighted by molar-refractivity contribution is 5.76. The predicted octanol–water partition coefficient (Wildman–Crippen LogP) is 0.877. The molecule has 3 N–H and O–H groups in total. The van der Waals surface area contributed by atoms with Crippen LogP contribution in [-0.4, -0.2) is 40.6 Å². The van der Waals surface area contributed by atoms with Crippen LogP contribution in [0, 0.1) is 5.92 Å². The summed E-state index contributed by atoms with van der Waals surface area (Å²) >= 11 is 0. The summed E-state index contributed by atoms with van der Waals surface area (Å²) in [6.45, 7) is 2.99. The first-order valence-corrected chi connectivity index (χ1v) is 6.72. The van der Waals surface area contributed by atoms with E-state index in [4.69, 9.17) is 5.73 Å². The lowest BCUT2D eigenvalue weighted by atomic mass is 9.84. The molecule has 0 radical (unpaired) electrons. The van der Waals surface area contributed by atoms with Crippen LogP contribution in [0.15, 0.2) is 0 Å². The molecule has 0 bridgehead atoms. The van der Waals surface area contributed by atoms with Crippen LogP contribution in [0.1, 0.15) is 45.4 Å². The first-order valence-electron chi connectivity index (χ1n) is 6.72. The zero-order valence-corrected chi connectivity index (χ0v) is 10.7. The quantitative estimate of drug-likeness (QED) is 0.753. The third-order valence-corrected chi connectivity index (χ3v) is 4.09. The first-order chi connectivity index (χ1) is 7.96. The van der Waals surface area contributed by atoms with Gasteiger partial charge < -0.3 is 15.7 Å². The van der Waals surface area contributed by atoms with Gasteiger partial charge in [0.05, 0.1) is 5.60 Å². The van der Waals surface area contributed by atoms with Crippen LogP contribution in [0.2, 0.25) is 0 Å². The Kier molecular flexibility index (Phi) is 3.73. The number of β-amino-alcohol motifs (C(OH)–C–C–N with tert-alkyl or cyclic N) is 1. The number of aliphatic hydroxyl groups is 1. The molecule has 98 valence electrons. The minimum absolute atomic E-state index is 0.196. The second-order valence-corrected chi connectivity index (χ2v) is 6.06. The van der Waals surface area contributed by atoms with Gasteiger partial charge in [0.2, 0.25) is 5.91 Å². The molecule has 0 aromatic rings. The van der Waals surface area contributed by atoms with Gasteiger partial charge in [0, 0.05) is 25.6 Å². The third-order valence-electron chi connectivity index (χ3n) is 4.09. The molecule has 4 heteroatoms. The average molecular weight is 240 g/mol. The standard InChI is InChI=1S/C13H24N2O2/c1-13(17)5-6-15(9-13)12(16)8-10-3-2-4-11(14)7-10/h10-11,17H,2-9,14H2,1H3. The van der Waals surface area contributed by atoms with E-state index < -0.39 is 5.60 Å². The van der Waals surface area contributed by atoms with Gasteiger partial charge >= 0.3 is 0 Å². The Morgan fingerprint density at radius 2 is 2.29 bits per heavy atom. The van der Waals surface area contributed by atoms with E-state index in [0.29, 0.717) is 31.8 Å². The van der Waals surface area contributed by atoms with Gasteiger partial charge in [0.1, 0.15) is 0 Å². The molecule has 3 atom stereocenters. The van der Waals surface area contributed by atoms with Crippen LogP contribution < -0.4 is 5.73 Å². The number of likely N-dealkylation sites (tertiary alicyclic amines) is 1. The number of carbonyl (C=O) groups is 1. The number of nitrogens with two attached hydrogens (primary N) is 1. The molecule has 1 amide bonds. The lowest BCUT2D eigenvalue weighted by Gasteiger charge is -2.28. The Labute approximate surface area is 103 Å². The number of carbonyl (C=O) groups excluding carboxylic acids is 1. The fourth-order valence-electron chi connectivity index (χ4n) is 3.05. The van der Waals surface area contributed by atoms with Crippen molar-refractivity contribution in [3.8, 4) is 0 Å².